The first-order chi connectivity index (χ1) is 25.5. The topological polar surface area (TPSA) is 38.9 Å². The largest absolute Gasteiger partial charge is 0.500 e. The molecule has 1 unspecified atom stereocenters. The summed E-state index contributed by atoms with van der Waals surface area (Å²) in [6.45, 7) is 10.9. The molecule has 53 heavy (non-hydrogen) atoms. The van der Waals surface area contributed by atoms with Gasteiger partial charge in [-0.3, -0.25) is 0 Å². The summed E-state index contributed by atoms with van der Waals surface area (Å²) in [5, 5.41) is 5.69. The minimum atomic E-state index is -1.38. The van der Waals surface area contributed by atoms with Gasteiger partial charge in [-0.05, 0) is 69.0 Å². The number of benzene rings is 5. The minimum Gasteiger partial charge on any atom is -0.500 e. The number of thiophene rings is 1. The summed E-state index contributed by atoms with van der Waals surface area (Å²) in [5.41, 5.74) is 7.85. The number of pyridine rings is 2. The second kappa shape index (κ2) is 14.9. The third-order valence-electron chi connectivity index (χ3n) is 9.51. The molecule has 0 saturated heterocycles. The number of rotatable bonds is 5. The van der Waals surface area contributed by atoms with Gasteiger partial charge < -0.3 is 14.4 Å². The van der Waals surface area contributed by atoms with E-state index in [0.717, 1.165) is 44.4 Å². The molecular formula is C46H37FIrN2OSSi-2. The molecule has 0 aliphatic heterocycles. The third kappa shape index (κ3) is 7.40. The Morgan fingerprint density at radius 2 is 1.58 bits per heavy atom. The summed E-state index contributed by atoms with van der Waals surface area (Å²) in [6, 6.07) is 44.0. The molecule has 265 valence electrons. The SMILES string of the molecule is C[Si](C)(C)c1ccc(-c2[c-]ccc3c2oc2cc(F)ccc23)nc1.[2H]C(C)(c1ccccc1)c1ccnc(-c2[c-]cc3sc4ccc(C)cc4c3c2)c1.[Ir]. The molecule has 0 N–H and O–H groups in total. The van der Waals surface area contributed by atoms with Crippen molar-refractivity contribution in [3.63, 3.8) is 0 Å². The van der Waals surface area contributed by atoms with Gasteiger partial charge in [-0.25, -0.2) is 4.39 Å². The van der Waals surface area contributed by atoms with Gasteiger partial charge in [-0.15, -0.1) is 42.0 Å². The summed E-state index contributed by atoms with van der Waals surface area (Å²) in [5.74, 6) is -1.14. The molecule has 5 aromatic carbocycles. The van der Waals surface area contributed by atoms with Crippen LogP contribution in [0, 0.1) is 24.9 Å². The van der Waals surface area contributed by atoms with E-state index in [4.69, 9.17) is 5.79 Å². The van der Waals surface area contributed by atoms with Crippen LogP contribution in [0.4, 0.5) is 4.39 Å². The average Bonchev–Trinajstić information content (AvgIpc) is 3.72. The van der Waals surface area contributed by atoms with Crippen LogP contribution in [-0.4, -0.2) is 18.0 Å². The molecule has 0 spiro atoms. The minimum absolute atomic E-state index is 0. The van der Waals surface area contributed by atoms with Crippen molar-refractivity contribution in [1.29, 1.82) is 0 Å². The summed E-state index contributed by atoms with van der Waals surface area (Å²) < 4.78 is 30.9. The fraction of sp³-hybridized carbons (Fsp3) is 0.130. The molecule has 0 aliphatic rings. The van der Waals surface area contributed by atoms with Crippen LogP contribution in [0.1, 0.15) is 30.9 Å². The molecule has 9 rings (SSSR count). The smallest absolute Gasteiger partial charge is 0.126 e. The van der Waals surface area contributed by atoms with Gasteiger partial charge in [0.1, 0.15) is 11.4 Å². The predicted octanol–water partition coefficient (Wildman–Crippen LogP) is 12.5. The van der Waals surface area contributed by atoms with Gasteiger partial charge in [0.05, 0.1) is 13.7 Å². The molecule has 3 nitrogen and oxygen atoms in total. The van der Waals surface area contributed by atoms with E-state index >= 15 is 0 Å². The van der Waals surface area contributed by atoms with E-state index in [-0.39, 0.29) is 25.9 Å². The van der Waals surface area contributed by atoms with Crippen LogP contribution in [0.3, 0.4) is 0 Å². The van der Waals surface area contributed by atoms with Crippen LogP contribution < -0.4 is 5.19 Å². The van der Waals surface area contributed by atoms with Gasteiger partial charge in [0, 0.05) is 55.9 Å². The van der Waals surface area contributed by atoms with Crippen molar-refractivity contribution in [2.24, 2.45) is 0 Å². The van der Waals surface area contributed by atoms with Gasteiger partial charge in [0.2, 0.25) is 0 Å². The Balaban J connectivity index is 0.000000166. The van der Waals surface area contributed by atoms with Crippen molar-refractivity contribution in [3.8, 4) is 22.5 Å². The number of hydrogen-bond donors (Lipinski definition) is 0. The quantitative estimate of drug-likeness (QED) is 0.128. The Morgan fingerprint density at radius 1 is 0.774 bits per heavy atom. The van der Waals surface area contributed by atoms with E-state index in [9.17, 15) is 4.39 Å². The molecule has 0 saturated carbocycles. The van der Waals surface area contributed by atoms with Crippen LogP contribution in [-0.2, 0) is 20.1 Å². The van der Waals surface area contributed by atoms with Crippen molar-refractivity contribution < 1.29 is 30.3 Å². The summed E-state index contributed by atoms with van der Waals surface area (Å²) >= 11 is 1.80. The Hall–Kier alpha value is -4.78. The Morgan fingerprint density at radius 3 is 2.36 bits per heavy atom. The van der Waals surface area contributed by atoms with E-state index < -0.39 is 14.0 Å². The van der Waals surface area contributed by atoms with E-state index in [1.165, 1.54) is 43.1 Å². The maximum absolute atomic E-state index is 13.5. The zero-order chi connectivity index (χ0) is 36.9. The fourth-order valence-corrected chi connectivity index (χ4v) is 8.62. The zero-order valence-electron chi connectivity index (χ0n) is 31.0. The number of fused-ring (bicyclic) bond motifs is 6. The fourth-order valence-electron chi connectivity index (χ4n) is 6.54. The summed E-state index contributed by atoms with van der Waals surface area (Å²) in [6.07, 6.45) is 3.75. The maximum atomic E-state index is 13.5. The van der Waals surface area contributed by atoms with Crippen molar-refractivity contribution >= 4 is 66.7 Å². The summed E-state index contributed by atoms with van der Waals surface area (Å²) in [7, 11) is -1.38. The number of furan rings is 1. The molecule has 9 aromatic rings. The normalized spacial score (nSPS) is 13.0. The molecular weight excluding hydrogens is 868 g/mol. The van der Waals surface area contributed by atoms with Gasteiger partial charge in [-0.1, -0.05) is 109 Å². The monoisotopic (exact) mass is 906 g/mol. The molecule has 7 heteroatoms. The van der Waals surface area contributed by atoms with E-state index in [0.29, 0.717) is 11.2 Å². The summed E-state index contributed by atoms with van der Waals surface area (Å²) in [4.78, 5) is 9.22. The Labute approximate surface area is 329 Å². The Kier molecular flexibility index (Phi) is 9.93. The molecule has 4 heterocycles. The van der Waals surface area contributed by atoms with Crippen LogP contribution in [0.25, 0.3) is 64.6 Å². The molecule has 0 fully saturated rings. The first-order valence-electron chi connectivity index (χ1n) is 17.8. The molecule has 0 amide bonds. The zero-order valence-corrected chi connectivity index (χ0v) is 34.3. The first kappa shape index (κ1) is 35.3. The second-order valence-corrected chi connectivity index (χ2v) is 20.3. The number of halogens is 1. The second-order valence-electron chi connectivity index (χ2n) is 14.2. The maximum Gasteiger partial charge on any atom is 0.126 e. The van der Waals surface area contributed by atoms with Gasteiger partial charge in [0.15, 0.2) is 0 Å². The van der Waals surface area contributed by atoms with E-state index in [2.05, 4.69) is 85.1 Å². The van der Waals surface area contributed by atoms with Crippen LogP contribution >= 0.6 is 11.3 Å². The molecule has 1 atom stereocenters. The van der Waals surface area contributed by atoms with Crippen LogP contribution in [0.2, 0.25) is 19.6 Å². The van der Waals surface area contributed by atoms with Gasteiger partial charge >= 0.3 is 0 Å². The average molecular weight is 906 g/mol. The molecule has 0 bridgehead atoms. The van der Waals surface area contributed by atoms with Gasteiger partial charge in [-0.2, -0.15) is 11.3 Å². The Bertz CT molecular complexity index is 2770. The molecule has 0 aliphatic carbocycles. The molecule has 4 aromatic heterocycles. The molecule has 1 radical (unpaired) electrons. The standard InChI is InChI=1S/C26H20NS.C20H17FNOSi.Ir/c1-17-8-10-25-22(14-17)23-15-21(9-11-26(23)28-25)24-16-20(12-13-27-24)18(2)19-6-4-3-5-7-19;1-24(2,3)14-8-10-18(22-12-14)17-6-4-5-16-15-9-7-13(21)11-19(15)23-20(16)17;/h3-8,10-16,18H,1-2H3;4-5,7-12H,1-3H3;/q2*-1;/i18D;;. The van der Waals surface area contributed by atoms with Crippen LogP contribution in [0.5, 0.6) is 0 Å². The predicted molar refractivity (Wildman–Crippen MR) is 219 cm³/mol. The van der Waals surface area contributed by atoms with Crippen molar-refractivity contribution in [2.45, 2.75) is 39.4 Å². The van der Waals surface area contributed by atoms with Crippen molar-refractivity contribution in [2.75, 3.05) is 0 Å². The third-order valence-corrected chi connectivity index (χ3v) is 12.7. The number of hydrogen-bond acceptors (Lipinski definition) is 4. The van der Waals surface area contributed by atoms with E-state index in [1.54, 1.807) is 23.6 Å². The first-order valence-corrected chi connectivity index (χ1v) is 21.6. The van der Waals surface area contributed by atoms with Gasteiger partial charge in [0.25, 0.3) is 0 Å². The number of aryl methyl sites for hydroxylation is 1. The van der Waals surface area contributed by atoms with Crippen LogP contribution in [0.15, 0.2) is 132 Å². The van der Waals surface area contributed by atoms with Crippen molar-refractivity contribution in [1.82, 2.24) is 9.97 Å². The number of aromatic nitrogens is 2. The number of nitrogens with zero attached hydrogens (tertiary/aromatic N) is 2. The van der Waals surface area contributed by atoms with E-state index in [1.807, 2.05) is 73.8 Å². The van der Waals surface area contributed by atoms with Crippen molar-refractivity contribution in [3.05, 3.63) is 162 Å².